The van der Waals surface area contributed by atoms with Crippen LogP contribution in [0.3, 0.4) is 0 Å². The molecule has 10 aromatic carbocycles. The molecule has 2 spiro atoms. The predicted molar refractivity (Wildman–Crippen MR) is 267 cm³/mol. The molecule has 0 saturated heterocycles. The van der Waals surface area contributed by atoms with Gasteiger partial charge < -0.3 is 14.1 Å². The molecule has 4 aliphatic rings. The quantitative estimate of drug-likeness (QED) is 0.177. The van der Waals surface area contributed by atoms with Crippen molar-refractivity contribution in [3.05, 3.63) is 269 Å². The molecule has 0 radical (unpaired) electrons. The highest BCUT2D eigenvalue weighted by molar-refractivity contribution is 7.99. The lowest BCUT2D eigenvalue weighted by Gasteiger charge is -2.40. The average molecular weight is 860 g/mol. The van der Waals surface area contributed by atoms with Gasteiger partial charge in [-0.1, -0.05) is 188 Å². The van der Waals surface area contributed by atoms with E-state index in [2.05, 4.69) is 229 Å². The number of benzene rings is 10. The van der Waals surface area contributed by atoms with Crippen LogP contribution in [0.5, 0.6) is 11.5 Å². The summed E-state index contributed by atoms with van der Waals surface area (Å²) in [7, 11) is 0. The second-order valence-electron chi connectivity index (χ2n) is 17.8. The second kappa shape index (κ2) is 13.3. The Balaban J connectivity index is 1.09. The molecular formula is C62H37NO2S. The van der Waals surface area contributed by atoms with Crippen molar-refractivity contribution in [1.82, 2.24) is 0 Å². The maximum Gasteiger partial charge on any atom is 0.159 e. The number of hydrogen-bond donors (Lipinski definition) is 0. The molecule has 2 aliphatic carbocycles. The highest BCUT2D eigenvalue weighted by Crippen LogP contribution is 2.67. The number of ether oxygens (including phenoxy) is 1. The van der Waals surface area contributed by atoms with Gasteiger partial charge in [0.25, 0.3) is 0 Å². The van der Waals surface area contributed by atoms with E-state index in [0.717, 1.165) is 61.6 Å². The third kappa shape index (κ3) is 4.45. The van der Waals surface area contributed by atoms with E-state index in [4.69, 9.17) is 9.15 Å². The first kappa shape index (κ1) is 36.3. The lowest BCUT2D eigenvalue weighted by molar-refractivity contribution is 0.436. The summed E-state index contributed by atoms with van der Waals surface area (Å²) >= 11 is 1.88. The van der Waals surface area contributed by atoms with E-state index in [9.17, 15) is 0 Å². The van der Waals surface area contributed by atoms with Crippen molar-refractivity contribution in [2.45, 2.75) is 20.6 Å². The Kier molecular flexibility index (Phi) is 7.29. The summed E-state index contributed by atoms with van der Waals surface area (Å²) in [5.41, 5.74) is 18.5. The van der Waals surface area contributed by atoms with E-state index < -0.39 is 10.8 Å². The van der Waals surface area contributed by atoms with E-state index >= 15 is 0 Å². The van der Waals surface area contributed by atoms with Crippen LogP contribution in [0.4, 0.5) is 17.1 Å². The molecule has 3 heterocycles. The Labute approximate surface area is 386 Å². The first-order chi connectivity index (χ1) is 32.8. The van der Waals surface area contributed by atoms with Gasteiger partial charge in [-0.05, 0) is 93.0 Å². The van der Waals surface area contributed by atoms with Crippen LogP contribution < -0.4 is 9.64 Å². The van der Waals surface area contributed by atoms with Crippen molar-refractivity contribution in [2.75, 3.05) is 4.90 Å². The topological polar surface area (TPSA) is 25.6 Å². The van der Waals surface area contributed by atoms with Gasteiger partial charge in [-0.3, -0.25) is 0 Å². The molecule has 66 heavy (non-hydrogen) atoms. The van der Waals surface area contributed by atoms with Crippen molar-refractivity contribution >= 4 is 50.8 Å². The highest BCUT2D eigenvalue weighted by Gasteiger charge is 2.54. The minimum atomic E-state index is -0.632. The van der Waals surface area contributed by atoms with E-state index in [0.29, 0.717) is 0 Å². The van der Waals surface area contributed by atoms with Crippen molar-refractivity contribution in [3.8, 4) is 33.8 Å². The zero-order chi connectivity index (χ0) is 43.1. The minimum absolute atomic E-state index is 0.539. The van der Waals surface area contributed by atoms with E-state index in [1.807, 2.05) is 11.8 Å². The van der Waals surface area contributed by atoms with Gasteiger partial charge in [-0.15, -0.1) is 0 Å². The van der Waals surface area contributed by atoms with Crippen molar-refractivity contribution in [3.63, 3.8) is 0 Å². The molecule has 0 N–H and O–H groups in total. The minimum Gasteiger partial charge on any atom is -0.457 e. The van der Waals surface area contributed by atoms with Gasteiger partial charge in [0.05, 0.1) is 27.9 Å². The zero-order valence-corrected chi connectivity index (χ0v) is 36.4. The monoisotopic (exact) mass is 859 g/mol. The Morgan fingerprint density at radius 1 is 0.333 bits per heavy atom. The molecule has 0 fully saturated rings. The molecule has 0 unspecified atom stereocenters. The van der Waals surface area contributed by atoms with Gasteiger partial charge in [0.15, 0.2) is 5.58 Å². The normalized spacial score (nSPS) is 14.7. The van der Waals surface area contributed by atoms with Gasteiger partial charge in [-0.2, -0.15) is 0 Å². The van der Waals surface area contributed by atoms with Crippen molar-refractivity contribution < 1.29 is 9.15 Å². The summed E-state index contributed by atoms with van der Waals surface area (Å²) in [4.78, 5) is 5.10. The van der Waals surface area contributed by atoms with Gasteiger partial charge in [0.2, 0.25) is 0 Å². The van der Waals surface area contributed by atoms with E-state index in [1.54, 1.807) is 0 Å². The van der Waals surface area contributed by atoms with Gasteiger partial charge in [0, 0.05) is 42.8 Å². The Morgan fingerprint density at radius 3 is 1.36 bits per heavy atom. The molecule has 0 atom stereocenters. The maximum atomic E-state index is 7.03. The summed E-state index contributed by atoms with van der Waals surface area (Å²) in [5.74, 6) is 1.75. The molecule has 308 valence electrons. The number of rotatable bonds is 3. The van der Waals surface area contributed by atoms with Gasteiger partial charge in [-0.25, -0.2) is 0 Å². The van der Waals surface area contributed by atoms with Crippen molar-refractivity contribution in [1.29, 1.82) is 0 Å². The highest BCUT2D eigenvalue weighted by atomic mass is 32.2. The van der Waals surface area contributed by atoms with Gasteiger partial charge >= 0.3 is 0 Å². The zero-order valence-electron chi connectivity index (χ0n) is 35.5. The van der Waals surface area contributed by atoms with E-state index in [1.165, 1.54) is 65.4 Å². The molecule has 0 bridgehead atoms. The third-order valence-electron chi connectivity index (χ3n) is 14.8. The first-order valence-electron chi connectivity index (χ1n) is 22.7. The smallest absolute Gasteiger partial charge is 0.159 e. The number of para-hydroxylation sites is 4. The summed E-state index contributed by atoms with van der Waals surface area (Å²) in [6, 6.07) is 82.5. The number of anilines is 3. The fourth-order valence-electron chi connectivity index (χ4n) is 12.4. The Hall–Kier alpha value is -8.05. The molecule has 1 aromatic heterocycles. The summed E-state index contributed by atoms with van der Waals surface area (Å²) in [6.07, 6.45) is 0. The van der Waals surface area contributed by atoms with Crippen LogP contribution in [0.2, 0.25) is 0 Å². The third-order valence-corrected chi connectivity index (χ3v) is 16.0. The molecule has 11 aromatic rings. The number of hydrogen-bond acceptors (Lipinski definition) is 4. The largest absolute Gasteiger partial charge is 0.457 e. The summed E-state index contributed by atoms with van der Waals surface area (Å²) in [5, 5.41) is 2.18. The number of nitrogens with zero attached hydrogens (tertiary/aromatic N) is 1. The molecule has 0 amide bonds. The first-order valence-corrected chi connectivity index (χ1v) is 23.5. The second-order valence-corrected chi connectivity index (χ2v) is 18.9. The fourth-order valence-corrected chi connectivity index (χ4v) is 13.6. The molecule has 2 aliphatic heterocycles. The fraction of sp³-hybridized carbons (Fsp3) is 0.0323. The Morgan fingerprint density at radius 2 is 0.758 bits per heavy atom. The van der Waals surface area contributed by atoms with Crippen LogP contribution in [0.25, 0.3) is 44.2 Å². The van der Waals surface area contributed by atoms with Crippen LogP contribution in [0, 0.1) is 0 Å². The van der Waals surface area contributed by atoms with Crippen molar-refractivity contribution in [2.24, 2.45) is 0 Å². The predicted octanol–water partition coefficient (Wildman–Crippen LogP) is 16.4. The lowest BCUT2D eigenvalue weighted by Crippen LogP contribution is -2.32. The molecule has 0 saturated carbocycles. The maximum absolute atomic E-state index is 7.03. The SMILES string of the molecule is c1ccc2c(c1)Oc1ccccc1C21c2ccccc2-c2c(N(c3cccc4c3-c3ccccc3C43c4ccccc4Sc4ccccc43)c3cccc4c3oc3ccccc34)cccc21. The van der Waals surface area contributed by atoms with Crippen LogP contribution in [0.15, 0.2) is 239 Å². The van der Waals surface area contributed by atoms with Crippen LogP contribution >= 0.6 is 11.8 Å². The lowest BCUT2D eigenvalue weighted by atomic mass is 9.66. The van der Waals surface area contributed by atoms with Crippen LogP contribution in [0.1, 0.15) is 44.5 Å². The molecular weight excluding hydrogens is 823 g/mol. The molecule has 3 nitrogen and oxygen atoms in total. The summed E-state index contributed by atoms with van der Waals surface area (Å²) in [6.45, 7) is 0. The standard InChI is InChI=1S/C62H37NO2S/c1-4-22-42-40(19-1)58-48(61(42)44-24-6-11-34-54(44)64-55-35-12-7-25-45(55)61)28-16-30-50(58)63(52-32-15-21-39-38-18-3-10-33-53(38)65-60(39)52)51-31-17-29-49-59(51)41-20-2-5-23-43(41)62(49)46-26-8-13-36-56(46)66-57-37-14-9-27-47(57)62/h1-37H. The Bertz CT molecular complexity index is 3590. The number of furan rings is 1. The van der Waals surface area contributed by atoms with Crippen LogP contribution in [-0.2, 0) is 10.8 Å². The van der Waals surface area contributed by atoms with Gasteiger partial charge in [0.1, 0.15) is 17.1 Å². The number of fused-ring (bicyclic) bond motifs is 21. The van der Waals surface area contributed by atoms with E-state index in [-0.39, 0.29) is 0 Å². The molecule has 15 rings (SSSR count). The van der Waals surface area contributed by atoms with Crippen LogP contribution in [-0.4, -0.2) is 0 Å². The summed E-state index contributed by atoms with van der Waals surface area (Å²) < 4.78 is 13.8. The average Bonchev–Trinajstić information content (AvgIpc) is 4.01. The molecule has 4 heteroatoms.